The molecule has 0 radical (unpaired) electrons. The van der Waals surface area contributed by atoms with Crippen molar-refractivity contribution in [1.29, 1.82) is 0 Å². The Bertz CT molecular complexity index is 406. The van der Waals surface area contributed by atoms with Crippen LogP contribution in [-0.4, -0.2) is 19.7 Å². The van der Waals surface area contributed by atoms with Crippen molar-refractivity contribution in [2.45, 2.75) is 20.0 Å². The lowest BCUT2D eigenvalue weighted by atomic mass is 9.95. The summed E-state index contributed by atoms with van der Waals surface area (Å²) in [5, 5.41) is 4.74. The van der Waals surface area contributed by atoms with Gasteiger partial charge in [0.05, 0.1) is 12.7 Å². The fourth-order valence-corrected chi connectivity index (χ4v) is 2.47. The lowest BCUT2D eigenvalue weighted by Crippen LogP contribution is -2.29. The minimum absolute atomic E-state index is 0.00143. The highest BCUT2D eigenvalue weighted by molar-refractivity contribution is 6.35. The average Bonchev–Trinajstić information content (AvgIpc) is 2.40. The molecular formula is C13H17Cl2NO. The van der Waals surface area contributed by atoms with E-state index in [0.29, 0.717) is 10.0 Å². The van der Waals surface area contributed by atoms with Crippen molar-refractivity contribution in [1.82, 2.24) is 5.32 Å². The largest absolute Gasteiger partial charge is 0.372 e. The first-order chi connectivity index (χ1) is 7.98. The van der Waals surface area contributed by atoms with Gasteiger partial charge in [0.15, 0.2) is 0 Å². The summed E-state index contributed by atoms with van der Waals surface area (Å²) in [5.41, 5.74) is 1.16. The molecule has 17 heavy (non-hydrogen) atoms. The predicted molar refractivity (Wildman–Crippen MR) is 71.8 cm³/mol. The maximum absolute atomic E-state index is 6.19. The maximum atomic E-state index is 6.19. The molecule has 0 amide bonds. The van der Waals surface area contributed by atoms with E-state index < -0.39 is 0 Å². The van der Waals surface area contributed by atoms with Crippen LogP contribution in [-0.2, 0) is 4.74 Å². The fraction of sp³-hybridized carbons (Fsp3) is 0.538. The van der Waals surface area contributed by atoms with Crippen LogP contribution in [0.4, 0.5) is 0 Å². The summed E-state index contributed by atoms with van der Waals surface area (Å²) in [4.78, 5) is 0. The lowest BCUT2D eigenvalue weighted by Gasteiger charge is -2.22. The number of rotatable bonds is 1. The SMILES string of the molecule is CC1(C)CNCC(c2ccc(Cl)cc2Cl)OC1. The van der Waals surface area contributed by atoms with Gasteiger partial charge in [-0.05, 0) is 12.1 Å². The van der Waals surface area contributed by atoms with Crippen molar-refractivity contribution < 1.29 is 4.74 Å². The van der Waals surface area contributed by atoms with Gasteiger partial charge in [-0.1, -0.05) is 43.1 Å². The molecule has 1 aromatic carbocycles. The van der Waals surface area contributed by atoms with Gasteiger partial charge in [-0.3, -0.25) is 0 Å². The van der Waals surface area contributed by atoms with Crippen LogP contribution in [0.1, 0.15) is 25.5 Å². The second kappa shape index (κ2) is 5.15. The summed E-state index contributed by atoms with van der Waals surface area (Å²) < 4.78 is 5.93. The number of hydrogen-bond donors (Lipinski definition) is 1. The Balaban J connectivity index is 2.17. The first kappa shape index (κ1) is 13.2. The summed E-state index contributed by atoms with van der Waals surface area (Å²) >= 11 is 12.1. The Morgan fingerprint density at radius 1 is 1.35 bits per heavy atom. The van der Waals surface area contributed by atoms with E-state index in [-0.39, 0.29) is 11.5 Å². The number of ether oxygens (including phenoxy) is 1. The Kier molecular flexibility index (Phi) is 3.99. The van der Waals surface area contributed by atoms with E-state index in [1.165, 1.54) is 0 Å². The first-order valence-corrected chi connectivity index (χ1v) is 6.51. The molecule has 1 N–H and O–H groups in total. The molecule has 0 spiro atoms. The van der Waals surface area contributed by atoms with Gasteiger partial charge in [-0.25, -0.2) is 0 Å². The van der Waals surface area contributed by atoms with E-state index in [9.17, 15) is 0 Å². The molecule has 0 saturated carbocycles. The quantitative estimate of drug-likeness (QED) is 0.843. The molecule has 1 aliphatic rings. The Labute approximate surface area is 112 Å². The van der Waals surface area contributed by atoms with Gasteiger partial charge in [0.1, 0.15) is 0 Å². The normalized spacial score (nSPS) is 24.4. The molecule has 1 aliphatic heterocycles. The van der Waals surface area contributed by atoms with E-state index in [1.807, 2.05) is 12.1 Å². The van der Waals surface area contributed by atoms with Crippen molar-refractivity contribution in [2.24, 2.45) is 5.41 Å². The molecule has 1 atom stereocenters. The fourth-order valence-electron chi connectivity index (χ4n) is 1.94. The van der Waals surface area contributed by atoms with Crippen molar-refractivity contribution >= 4 is 23.2 Å². The first-order valence-electron chi connectivity index (χ1n) is 5.75. The zero-order valence-corrected chi connectivity index (χ0v) is 11.6. The van der Waals surface area contributed by atoms with E-state index in [0.717, 1.165) is 25.3 Å². The molecular weight excluding hydrogens is 257 g/mol. The average molecular weight is 274 g/mol. The van der Waals surface area contributed by atoms with Crippen LogP contribution < -0.4 is 5.32 Å². The summed E-state index contributed by atoms with van der Waals surface area (Å²) in [6, 6.07) is 5.55. The zero-order chi connectivity index (χ0) is 12.5. The second-order valence-corrected chi connectivity index (χ2v) is 6.10. The number of nitrogens with one attached hydrogen (secondary N) is 1. The van der Waals surface area contributed by atoms with Crippen molar-refractivity contribution in [3.63, 3.8) is 0 Å². The molecule has 94 valence electrons. The summed E-state index contributed by atoms with van der Waals surface area (Å²) in [6.45, 7) is 6.83. The van der Waals surface area contributed by atoms with E-state index >= 15 is 0 Å². The molecule has 1 heterocycles. The second-order valence-electron chi connectivity index (χ2n) is 5.26. The summed E-state index contributed by atoms with van der Waals surface area (Å²) in [7, 11) is 0. The van der Waals surface area contributed by atoms with Gasteiger partial charge in [-0.2, -0.15) is 0 Å². The molecule has 2 nitrogen and oxygen atoms in total. The monoisotopic (exact) mass is 273 g/mol. The topological polar surface area (TPSA) is 21.3 Å². The minimum atomic E-state index is 0.00143. The van der Waals surface area contributed by atoms with Gasteiger partial charge < -0.3 is 10.1 Å². The van der Waals surface area contributed by atoms with Crippen molar-refractivity contribution in [3.05, 3.63) is 33.8 Å². The van der Waals surface area contributed by atoms with E-state index in [2.05, 4.69) is 19.2 Å². The predicted octanol–water partition coefficient (Wildman–Crippen LogP) is 3.68. The molecule has 0 aromatic heterocycles. The van der Waals surface area contributed by atoms with Crippen LogP contribution >= 0.6 is 23.2 Å². The molecule has 0 bridgehead atoms. The molecule has 1 unspecified atom stereocenters. The van der Waals surface area contributed by atoms with Crippen LogP contribution in [0.15, 0.2) is 18.2 Å². The number of benzene rings is 1. The third-order valence-corrected chi connectivity index (χ3v) is 3.48. The Morgan fingerprint density at radius 2 is 2.12 bits per heavy atom. The highest BCUT2D eigenvalue weighted by Gasteiger charge is 2.26. The zero-order valence-electron chi connectivity index (χ0n) is 10.1. The summed E-state index contributed by atoms with van der Waals surface area (Å²) in [6.07, 6.45) is 0.00143. The van der Waals surface area contributed by atoms with E-state index in [1.54, 1.807) is 6.07 Å². The maximum Gasteiger partial charge on any atom is 0.0963 e. The van der Waals surface area contributed by atoms with Gasteiger partial charge in [-0.15, -0.1) is 0 Å². The van der Waals surface area contributed by atoms with Crippen LogP contribution in [0.2, 0.25) is 10.0 Å². The van der Waals surface area contributed by atoms with Gasteiger partial charge in [0.2, 0.25) is 0 Å². The van der Waals surface area contributed by atoms with Crippen LogP contribution in [0, 0.1) is 5.41 Å². The number of hydrogen-bond acceptors (Lipinski definition) is 2. The van der Waals surface area contributed by atoms with Crippen molar-refractivity contribution in [3.8, 4) is 0 Å². The molecule has 1 aromatic rings. The molecule has 1 saturated heterocycles. The third kappa shape index (κ3) is 3.35. The van der Waals surface area contributed by atoms with Crippen LogP contribution in [0.3, 0.4) is 0 Å². The molecule has 2 rings (SSSR count). The number of halogens is 2. The van der Waals surface area contributed by atoms with Crippen LogP contribution in [0.5, 0.6) is 0 Å². The van der Waals surface area contributed by atoms with Gasteiger partial charge in [0, 0.05) is 34.1 Å². The highest BCUT2D eigenvalue weighted by Crippen LogP contribution is 2.31. The van der Waals surface area contributed by atoms with Crippen molar-refractivity contribution in [2.75, 3.05) is 19.7 Å². The Morgan fingerprint density at radius 3 is 2.82 bits per heavy atom. The minimum Gasteiger partial charge on any atom is -0.372 e. The standard InChI is InChI=1S/C13H17Cl2NO/c1-13(2)7-16-6-12(17-8-13)10-4-3-9(14)5-11(10)15/h3-5,12,16H,6-8H2,1-2H3. The highest BCUT2D eigenvalue weighted by atomic mass is 35.5. The molecule has 4 heteroatoms. The Hall–Kier alpha value is -0.280. The smallest absolute Gasteiger partial charge is 0.0963 e. The molecule has 0 aliphatic carbocycles. The lowest BCUT2D eigenvalue weighted by molar-refractivity contribution is 0.0260. The third-order valence-electron chi connectivity index (χ3n) is 2.92. The van der Waals surface area contributed by atoms with Gasteiger partial charge >= 0.3 is 0 Å². The molecule has 1 fully saturated rings. The summed E-state index contributed by atoms with van der Waals surface area (Å²) in [5.74, 6) is 0. The van der Waals surface area contributed by atoms with Gasteiger partial charge in [0.25, 0.3) is 0 Å². The van der Waals surface area contributed by atoms with E-state index in [4.69, 9.17) is 27.9 Å². The van der Waals surface area contributed by atoms with Crippen LogP contribution in [0.25, 0.3) is 0 Å².